The zero-order chi connectivity index (χ0) is 16.5. The molecule has 1 saturated carbocycles. The highest BCUT2D eigenvalue weighted by molar-refractivity contribution is 6.09. The third kappa shape index (κ3) is 2.69. The molecule has 0 aromatic carbocycles. The average Bonchev–Trinajstić information content (AvgIpc) is 2.73. The summed E-state index contributed by atoms with van der Waals surface area (Å²) in [6, 6.07) is -0.586. The van der Waals surface area contributed by atoms with Crippen molar-refractivity contribution < 1.29 is 14.4 Å². The fraction of sp³-hybridized carbons (Fsp3) is 0.800. The Balaban J connectivity index is 2.11. The Morgan fingerprint density at radius 1 is 1.50 bits per heavy atom. The number of hydrogen-bond donors (Lipinski definition) is 2. The lowest BCUT2D eigenvalue weighted by Gasteiger charge is -2.36. The van der Waals surface area contributed by atoms with E-state index >= 15 is 0 Å². The minimum Gasteiger partial charge on any atom is -0.340 e. The predicted octanol–water partition coefficient (Wildman–Crippen LogP) is 0.293. The standard InChI is InChI=1S/C15H26N4O3/c1-10-6-4-5-7-15(10)13(21)19(14(22)17-15)9-12(20)18(3)11(2)8-16/h10-11H,4-9,16H2,1-3H3,(H,17,22). The van der Waals surface area contributed by atoms with Crippen LogP contribution in [0.15, 0.2) is 0 Å². The van der Waals surface area contributed by atoms with Crippen molar-refractivity contribution in [3.05, 3.63) is 0 Å². The van der Waals surface area contributed by atoms with Gasteiger partial charge in [-0.05, 0) is 25.7 Å². The number of urea groups is 1. The van der Waals surface area contributed by atoms with Crippen LogP contribution >= 0.6 is 0 Å². The summed E-state index contributed by atoms with van der Waals surface area (Å²) in [5, 5.41) is 2.85. The molecule has 0 aromatic rings. The summed E-state index contributed by atoms with van der Waals surface area (Å²) < 4.78 is 0. The lowest BCUT2D eigenvalue weighted by molar-refractivity contribution is -0.140. The Kier molecular flexibility index (Phi) is 4.75. The molecule has 3 atom stereocenters. The van der Waals surface area contributed by atoms with E-state index in [-0.39, 0.29) is 30.3 Å². The molecule has 22 heavy (non-hydrogen) atoms. The minimum atomic E-state index is -0.812. The predicted molar refractivity (Wildman–Crippen MR) is 81.9 cm³/mol. The summed E-state index contributed by atoms with van der Waals surface area (Å²) in [5.74, 6) is -0.438. The Labute approximate surface area is 131 Å². The van der Waals surface area contributed by atoms with Crippen LogP contribution < -0.4 is 11.1 Å². The van der Waals surface area contributed by atoms with E-state index < -0.39 is 11.6 Å². The number of amides is 4. The van der Waals surface area contributed by atoms with Gasteiger partial charge >= 0.3 is 6.03 Å². The summed E-state index contributed by atoms with van der Waals surface area (Å²) >= 11 is 0. The molecular weight excluding hydrogens is 284 g/mol. The molecule has 3 unspecified atom stereocenters. The summed E-state index contributed by atoms with van der Waals surface area (Å²) in [5.41, 5.74) is 4.74. The molecule has 0 bridgehead atoms. The Morgan fingerprint density at radius 2 is 2.18 bits per heavy atom. The molecule has 124 valence electrons. The van der Waals surface area contributed by atoms with E-state index in [2.05, 4.69) is 5.32 Å². The largest absolute Gasteiger partial charge is 0.340 e. The van der Waals surface area contributed by atoms with Gasteiger partial charge in [0.2, 0.25) is 5.91 Å². The van der Waals surface area contributed by atoms with E-state index in [4.69, 9.17) is 5.73 Å². The summed E-state index contributed by atoms with van der Waals surface area (Å²) in [7, 11) is 1.64. The van der Waals surface area contributed by atoms with Crippen molar-refractivity contribution in [3.8, 4) is 0 Å². The molecule has 2 fully saturated rings. The van der Waals surface area contributed by atoms with Gasteiger partial charge < -0.3 is 16.0 Å². The topological polar surface area (TPSA) is 95.7 Å². The van der Waals surface area contributed by atoms with E-state index in [1.807, 2.05) is 13.8 Å². The smallest absolute Gasteiger partial charge is 0.325 e. The highest BCUT2D eigenvalue weighted by Gasteiger charge is 2.55. The Hall–Kier alpha value is -1.63. The first-order chi connectivity index (χ1) is 10.3. The maximum Gasteiger partial charge on any atom is 0.325 e. The molecule has 1 heterocycles. The number of carbonyl (C=O) groups is 3. The monoisotopic (exact) mass is 310 g/mol. The van der Waals surface area contributed by atoms with E-state index in [9.17, 15) is 14.4 Å². The number of imide groups is 1. The number of nitrogens with one attached hydrogen (secondary N) is 1. The third-order valence-corrected chi connectivity index (χ3v) is 5.19. The number of rotatable bonds is 4. The molecule has 1 spiro atoms. The lowest BCUT2D eigenvalue weighted by atomic mass is 9.73. The summed E-state index contributed by atoms with van der Waals surface area (Å²) in [6.45, 7) is 3.93. The highest BCUT2D eigenvalue weighted by atomic mass is 16.2. The van der Waals surface area contributed by atoms with Gasteiger partial charge in [0, 0.05) is 19.6 Å². The molecule has 4 amide bonds. The van der Waals surface area contributed by atoms with Crippen molar-refractivity contribution in [2.24, 2.45) is 11.7 Å². The maximum absolute atomic E-state index is 12.7. The van der Waals surface area contributed by atoms with Gasteiger partial charge in [0.1, 0.15) is 12.1 Å². The van der Waals surface area contributed by atoms with Crippen molar-refractivity contribution >= 4 is 17.8 Å². The van der Waals surface area contributed by atoms with Gasteiger partial charge in [0.15, 0.2) is 0 Å². The van der Waals surface area contributed by atoms with E-state index in [1.54, 1.807) is 7.05 Å². The van der Waals surface area contributed by atoms with Gasteiger partial charge in [-0.3, -0.25) is 14.5 Å². The van der Waals surface area contributed by atoms with Gasteiger partial charge in [-0.15, -0.1) is 0 Å². The van der Waals surface area contributed by atoms with Crippen LogP contribution in [0.2, 0.25) is 0 Å². The maximum atomic E-state index is 12.7. The van der Waals surface area contributed by atoms with Crippen LogP contribution in [-0.2, 0) is 9.59 Å². The molecule has 1 aliphatic carbocycles. The first-order valence-corrected chi connectivity index (χ1v) is 7.93. The minimum absolute atomic E-state index is 0.0958. The molecule has 0 aromatic heterocycles. The lowest BCUT2D eigenvalue weighted by Crippen LogP contribution is -2.54. The number of likely N-dealkylation sites (N-methyl/N-ethyl adjacent to an activating group) is 1. The normalized spacial score (nSPS) is 29.6. The molecular formula is C15H26N4O3. The van der Waals surface area contributed by atoms with Crippen molar-refractivity contribution in [2.75, 3.05) is 20.1 Å². The van der Waals surface area contributed by atoms with Crippen LogP contribution in [0.4, 0.5) is 4.79 Å². The van der Waals surface area contributed by atoms with Crippen LogP contribution in [0.25, 0.3) is 0 Å². The van der Waals surface area contributed by atoms with Crippen molar-refractivity contribution in [2.45, 2.75) is 51.1 Å². The number of nitrogens with zero attached hydrogens (tertiary/aromatic N) is 2. The second-order valence-electron chi connectivity index (χ2n) is 6.53. The second-order valence-corrected chi connectivity index (χ2v) is 6.53. The van der Waals surface area contributed by atoms with E-state index in [1.165, 1.54) is 4.90 Å². The van der Waals surface area contributed by atoms with Gasteiger partial charge in [-0.2, -0.15) is 0 Å². The van der Waals surface area contributed by atoms with Crippen molar-refractivity contribution in [1.82, 2.24) is 15.1 Å². The fourth-order valence-electron chi connectivity index (χ4n) is 3.29. The van der Waals surface area contributed by atoms with Crippen molar-refractivity contribution in [3.63, 3.8) is 0 Å². The summed E-state index contributed by atoms with van der Waals surface area (Å²) in [6.07, 6.45) is 3.56. The van der Waals surface area contributed by atoms with Gasteiger partial charge in [-0.25, -0.2) is 4.79 Å². The Morgan fingerprint density at radius 3 is 2.77 bits per heavy atom. The molecule has 3 N–H and O–H groups in total. The van der Waals surface area contributed by atoms with Gasteiger partial charge in [-0.1, -0.05) is 19.8 Å². The average molecular weight is 310 g/mol. The van der Waals surface area contributed by atoms with E-state index in [0.717, 1.165) is 24.2 Å². The van der Waals surface area contributed by atoms with E-state index in [0.29, 0.717) is 13.0 Å². The highest BCUT2D eigenvalue weighted by Crippen LogP contribution is 2.38. The molecule has 2 aliphatic rings. The molecule has 0 radical (unpaired) electrons. The van der Waals surface area contributed by atoms with Crippen LogP contribution in [0, 0.1) is 5.92 Å². The molecule has 7 heteroatoms. The van der Waals surface area contributed by atoms with Gasteiger partial charge in [0.05, 0.1) is 0 Å². The van der Waals surface area contributed by atoms with Crippen LogP contribution in [0.1, 0.15) is 39.5 Å². The first kappa shape index (κ1) is 16.7. The number of hydrogen-bond acceptors (Lipinski definition) is 4. The molecule has 2 rings (SSSR count). The van der Waals surface area contributed by atoms with Crippen molar-refractivity contribution in [1.29, 1.82) is 0 Å². The Bertz CT molecular complexity index is 481. The SMILES string of the molecule is CC(CN)N(C)C(=O)CN1C(=O)NC2(CCCCC2C)C1=O. The van der Waals surface area contributed by atoms with Gasteiger partial charge in [0.25, 0.3) is 5.91 Å². The molecule has 1 saturated heterocycles. The zero-order valence-corrected chi connectivity index (χ0v) is 13.6. The molecule has 1 aliphatic heterocycles. The van der Waals surface area contributed by atoms with Crippen LogP contribution in [-0.4, -0.2) is 59.4 Å². The fourth-order valence-corrected chi connectivity index (χ4v) is 3.29. The molecule has 7 nitrogen and oxygen atoms in total. The quantitative estimate of drug-likeness (QED) is 0.730. The number of nitrogens with two attached hydrogens (primary N) is 1. The van der Waals surface area contributed by atoms with Crippen LogP contribution in [0.3, 0.4) is 0 Å². The summed E-state index contributed by atoms with van der Waals surface area (Å²) in [4.78, 5) is 39.7. The number of carbonyl (C=O) groups excluding carboxylic acids is 3. The first-order valence-electron chi connectivity index (χ1n) is 7.93. The zero-order valence-electron chi connectivity index (χ0n) is 13.6. The second kappa shape index (κ2) is 6.24. The van der Waals surface area contributed by atoms with Crippen LogP contribution in [0.5, 0.6) is 0 Å². The third-order valence-electron chi connectivity index (χ3n) is 5.19.